The molecule has 4 nitrogen and oxygen atoms in total. The van der Waals surface area contributed by atoms with E-state index in [0.29, 0.717) is 44.9 Å². The summed E-state index contributed by atoms with van der Waals surface area (Å²) in [5, 5.41) is 0. The minimum Gasteiger partial charge on any atom is -0.341 e. The standard InChI is InChI=1S/C22H29F3N2O2/c23-22(24,25)19-10-8-18(9-11-19)21(29)27-14-4-13-26(15-16-27)20(28)12-7-17-5-2-1-3-6-17/h8-11,17H,1-7,12-16H2. The third kappa shape index (κ3) is 5.97. The van der Waals surface area contributed by atoms with E-state index >= 15 is 0 Å². The second-order valence-electron chi connectivity index (χ2n) is 8.14. The highest BCUT2D eigenvalue weighted by Crippen LogP contribution is 2.29. The summed E-state index contributed by atoms with van der Waals surface area (Å²) >= 11 is 0. The highest BCUT2D eigenvalue weighted by atomic mass is 19.4. The van der Waals surface area contributed by atoms with Gasteiger partial charge in [-0.05, 0) is 43.0 Å². The van der Waals surface area contributed by atoms with Crippen LogP contribution in [0.25, 0.3) is 0 Å². The van der Waals surface area contributed by atoms with Gasteiger partial charge in [-0.1, -0.05) is 32.1 Å². The summed E-state index contributed by atoms with van der Waals surface area (Å²) in [4.78, 5) is 28.7. The topological polar surface area (TPSA) is 40.6 Å². The third-order valence-electron chi connectivity index (χ3n) is 6.09. The number of hydrogen-bond acceptors (Lipinski definition) is 2. The predicted molar refractivity (Wildman–Crippen MR) is 104 cm³/mol. The van der Waals surface area contributed by atoms with Crippen LogP contribution in [0.3, 0.4) is 0 Å². The first-order chi connectivity index (χ1) is 13.8. The molecule has 0 unspecified atom stereocenters. The minimum atomic E-state index is -4.41. The Morgan fingerprint density at radius 3 is 2.14 bits per heavy atom. The Labute approximate surface area is 170 Å². The molecule has 1 saturated heterocycles. The molecule has 1 aliphatic carbocycles. The Hall–Kier alpha value is -2.05. The molecule has 2 amide bonds. The van der Waals surface area contributed by atoms with Gasteiger partial charge in [-0.25, -0.2) is 0 Å². The van der Waals surface area contributed by atoms with Gasteiger partial charge in [-0.15, -0.1) is 0 Å². The predicted octanol–water partition coefficient (Wildman–Crippen LogP) is 4.74. The van der Waals surface area contributed by atoms with Crippen LogP contribution in [0.1, 0.15) is 67.3 Å². The van der Waals surface area contributed by atoms with Crippen LogP contribution in [-0.4, -0.2) is 47.8 Å². The Morgan fingerprint density at radius 1 is 0.862 bits per heavy atom. The molecule has 3 rings (SSSR count). The molecular formula is C22H29F3N2O2. The van der Waals surface area contributed by atoms with Crippen molar-refractivity contribution < 1.29 is 22.8 Å². The van der Waals surface area contributed by atoms with E-state index in [1.165, 1.54) is 44.2 Å². The van der Waals surface area contributed by atoms with E-state index in [2.05, 4.69) is 0 Å². The van der Waals surface area contributed by atoms with Crippen molar-refractivity contribution in [3.05, 3.63) is 35.4 Å². The molecule has 0 radical (unpaired) electrons. The van der Waals surface area contributed by atoms with Crippen molar-refractivity contribution in [1.29, 1.82) is 0 Å². The van der Waals surface area contributed by atoms with Crippen LogP contribution in [-0.2, 0) is 11.0 Å². The molecule has 1 aliphatic heterocycles. The number of carbonyl (C=O) groups excluding carboxylic acids is 2. The highest BCUT2D eigenvalue weighted by Gasteiger charge is 2.30. The monoisotopic (exact) mass is 410 g/mol. The normalized spacial score (nSPS) is 19.1. The number of hydrogen-bond donors (Lipinski definition) is 0. The lowest BCUT2D eigenvalue weighted by Gasteiger charge is -2.24. The van der Waals surface area contributed by atoms with Crippen molar-refractivity contribution in [2.75, 3.05) is 26.2 Å². The summed E-state index contributed by atoms with van der Waals surface area (Å²) in [5.74, 6) is 0.534. The van der Waals surface area contributed by atoms with Crippen LogP contribution in [0.15, 0.2) is 24.3 Å². The van der Waals surface area contributed by atoms with Gasteiger partial charge in [0.1, 0.15) is 0 Å². The third-order valence-corrected chi connectivity index (χ3v) is 6.09. The zero-order valence-corrected chi connectivity index (χ0v) is 16.7. The van der Waals surface area contributed by atoms with E-state index in [1.807, 2.05) is 4.90 Å². The molecule has 29 heavy (non-hydrogen) atoms. The van der Waals surface area contributed by atoms with E-state index in [1.54, 1.807) is 4.90 Å². The van der Waals surface area contributed by atoms with Gasteiger partial charge in [0.25, 0.3) is 5.91 Å². The summed E-state index contributed by atoms with van der Waals surface area (Å²) in [5.41, 5.74) is -0.519. The number of alkyl halides is 3. The van der Waals surface area contributed by atoms with Gasteiger partial charge in [0.2, 0.25) is 5.91 Å². The first-order valence-corrected chi connectivity index (χ1v) is 10.6. The van der Waals surface area contributed by atoms with Crippen molar-refractivity contribution >= 4 is 11.8 Å². The smallest absolute Gasteiger partial charge is 0.341 e. The van der Waals surface area contributed by atoms with E-state index in [-0.39, 0.29) is 17.4 Å². The van der Waals surface area contributed by atoms with Gasteiger partial charge in [0.05, 0.1) is 5.56 Å². The average molecular weight is 410 g/mol. The maximum Gasteiger partial charge on any atom is 0.416 e. The quantitative estimate of drug-likeness (QED) is 0.719. The Balaban J connectivity index is 1.50. The number of benzene rings is 1. The zero-order valence-electron chi connectivity index (χ0n) is 16.7. The summed E-state index contributed by atoms with van der Waals surface area (Å²) < 4.78 is 38.1. The highest BCUT2D eigenvalue weighted by molar-refractivity contribution is 5.94. The molecule has 1 heterocycles. The number of nitrogens with zero attached hydrogens (tertiary/aromatic N) is 2. The lowest BCUT2D eigenvalue weighted by molar-refractivity contribution is -0.137. The number of rotatable bonds is 4. The lowest BCUT2D eigenvalue weighted by Crippen LogP contribution is -2.37. The van der Waals surface area contributed by atoms with Crippen molar-refractivity contribution in [3.63, 3.8) is 0 Å². The molecule has 0 N–H and O–H groups in total. The maximum atomic E-state index is 12.7. The number of halogens is 3. The van der Waals surface area contributed by atoms with Gasteiger partial charge < -0.3 is 9.80 Å². The molecule has 2 aliphatic rings. The second kappa shape index (κ2) is 9.63. The van der Waals surface area contributed by atoms with Crippen molar-refractivity contribution in [1.82, 2.24) is 9.80 Å². The SMILES string of the molecule is O=C(CCC1CCCCC1)N1CCCN(C(=O)c2ccc(C(F)(F)F)cc2)CC1. The Bertz CT molecular complexity index is 697. The van der Waals surface area contributed by atoms with Crippen LogP contribution >= 0.6 is 0 Å². The van der Waals surface area contributed by atoms with Gasteiger partial charge in [-0.3, -0.25) is 9.59 Å². The molecule has 0 bridgehead atoms. The fourth-order valence-corrected chi connectivity index (χ4v) is 4.32. The molecule has 1 saturated carbocycles. The second-order valence-corrected chi connectivity index (χ2v) is 8.14. The summed E-state index contributed by atoms with van der Waals surface area (Å²) in [6.45, 7) is 2.03. The molecule has 160 valence electrons. The molecule has 0 atom stereocenters. The average Bonchev–Trinajstić information content (AvgIpc) is 2.98. The molecule has 1 aromatic rings. The van der Waals surface area contributed by atoms with Crippen LogP contribution in [0.5, 0.6) is 0 Å². The van der Waals surface area contributed by atoms with Crippen LogP contribution < -0.4 is 0 Å². The van der Waals surface area contributed by atoms with Crippen LogP contribution in [0, 0.1) is 5.92 Å². The van der Waals surface area contributed by atoms with E-state index in [0.717, 1.165) is 18.6 Å². The number of carbonyl (C=O) groups is 2. The fourth-order valence-electron chi connectivity index (χ4n) is 4.32. The van der Waals surface area contributed by atoms with Gasteiger partial charge in [0.15, 0.2) is 0 Å². The summed E-state index contributed by atoms with van der Waals surface area (Å²) in [6, 6.07) is 4.32. The summed E-state index contributed by atoms with van der Waals surface area (Å²) in [6.07, 6.45) is 4.07. The largest absolute Gasteiger partial charge is 0.416 e. The van der Waals surface area contributed by atoms with Crippen molar-refractivity contribution in [2.45, 2.75) is 57.5 Å². The van der Waals surface area contributed by atoms with Gasteiger partial charge in [0, 0.05) is 38.2 Å². The first-order valence-electron chi connectivity index (χ1n) is 10.6. The molecule has 7 heteroatoms. The minimum absolute atomic E-state index is 0.152. The summed E-state index contributed by atoms with van der Waals surface area (Å²) in [7, 11) is 0. The lowest BCUT2D eigenvalue weighted by atomic mass is 9.86. The van der Waals surface area contributed by atoms with E-state index in [9.17, 15) is 22.8 Å². The zero-order chi connectivity index (χ0) is 20.9. The van der Waals surface area contributed by atoms with Gasteiger partial charge in [-0.2, -0.15) is 13.2 Å². The molecular weight excluding hydrogens is 381 g/mol. The molecule has 2 fully saturated rings. The fraction of sp³-hybridized carbons (Fsp3) is 0.636. The van der Waals surface area contributed by atoms with Crippen LogP contribution in [0.4, 0.5) is 13.2 Å². The maximum absolute atomic E-state index is 12.7. The van der Waals surface area contributed by atoms with Crippen molar-refractivity contribution in [2.24, 2.45) is 5.92 Å². The van der Waals surface area contributed by atoms with Crippen molar-refractivity contribution in [3.8, 4) is 0 Å². The Kier molecular flexibility index (Phi) is 7.19. The van der Waals surface area contributed by atoms with E-state index in [4.69, 9.17) is 0 Å². The molecule has 0 spiro atoms. The first kappa shape index (κ1) is 21.7. The van der Waals surface area contributed by atoms with Gasteiger partial charge >= 0.3 is 6.18 Å². The van der Waals surface area contributed by atoms with E-state index < -0.39 is 11.7 Å². The Morgan fingerprint density at radius 2 is 1.48 bits per heavy atom. The molecule has 1 aromatic carbocycles. The van der Waals surface area contributed by atoms with Crippen LogP contribution in [0.2, 0.25) is 0 Å². The molecule has 0 aromatic heterocycles. The number of amides is 2.